The maximum absolute atomic E-state index is 10.8. The molecule has 5 nitrogen and oxygen atoms in total. The van der Waals surface area contributed by atoms with Gasteiger partial charge < -0.3 is 16.2 Å². The van der Waals surface area contributed by atoms with Crippen LogP contribution in [0.4, 0.5) is 5.69 Å². The van der Waals surface area contributed by atoms with Gasteiger partial charge in [-0.3, -0.25) is 4.99 Å². The first-order chi connectivity index (χ1) is 9.15. The first kappa shape index (κ1) is 13.1. The van der Waals surface area contributed by atoms with Crippen molar-refractivity contribution in [3.63, 3.8) is 0 Å². The second-order valence-corrected chi connectivity index (χ2v) is 4.57. The predicted octanol–water partition coefficient (Wildman–Crippen LogP) is 1.83. The topological polar surface area (TPSA) is 87.7 Å². The van der Waals surface area contributed by atoms with Crippen molar-refractivity contribution in [1.29, 1.82) is 0 Å². The van der Waals surface area contributed by atoms with Crippen LogP contribution in [0, 0.1) is 5.92 Å². The SMILES string of the molecule is NC(=CC(=NCC1CC1)Nc1ccccc1)C(=O)O. The van der Waals surface area contributed by atoms with E-state index in [0.717, 1.165) is 5.69 Å². The normalized spacial score (nSPS) is 16.2. The summed E-state index contributed by atoms with van der Waals surface area (Å²) in [4.78, 5) is 15.2. The second-order valence-electron chi connectivity index (χ2n) is 4.57. The molecule has 19 heavy (non-hydrogen) atoms. The molecule has 2 rings (SSSR count). The number of nitrogens with one attached hydrogen (secondary N) is 1. The number of nitrogens with zero attached hydrogens (tertiary/aromatic N) is 1. The Morgan fingerprint density at radius 3 is 2.68 bits per heavy atom. The smallest absolute Gasteiger partial charge is 0.351 e. The number of carboxylic acid groups (broad SMARTS) is 1. The van der Waals surface area contributed by atoms with Gasteiger partial charge in [-0.05, 0) is 30.9 Å². The fourth-order valence-corrected chi connectivity index (χ4v) is 1.53. The molecule has 1 aromatic carbocycles. The van der Waals surface area contributed by atoms with Gasteiger partial charge in [0.1, 0.15) is 11.5 Å². The van der Waals surface area contributed by atoms with Crippen LogP contribution in [0.15, 0.2) is 47.1 Å². The van der Waals surface area contributed by atoms with Crippen molar-refractivity contribution in [3.05, 3.63) is 42.1 Å². The van der Waals surface area contributed by atoms with Crippen LogP contribution in [-0.2, 0) is 4.79 Å². The Bertz CT molecular complexity index is 505. The quantitative estimate of drug-likeness (QED) is 0.427. The summed E-state index contributed by atoms with van der Waals surface area (Å²) in [6.07, 6.45) is 3.75. The van der Waals surface area contributed by atoms with Gasteiger partial charge in [-0.15, -0.1) is 0 Å². The van der Waals surface area contributed by atoms with Gasteiger partial charge in [0.15, 0.2) is 0 Å². The van der Waals surface area contributed by atoms with E-state index in [2.05, 4.69) is 10.3 Å². The van der Waals surface area contributed by atoms with E-state index < -0.39 is 5.97 Å². The number of para-hydroxylation sites is 1. The largest absolute Gasteiger partial charge is 0.477 e. The van der Waals surface area contributed by atoms with E-state index in [4.69, 9.17) is 10.8 Å². The van der Waals surface area contributed by atoms with E-state index in [-0.39, 0.29) is 5.70 Å². The minimum Gasteiger partial charge on any atom is -0.477 e. The lowest BCUT2D eigenvalue weighted by Gasteiger charge is -2.07. The summed E-state index contributed by atoms with van der Waals surface area (Å²) in [6.45, 7) is 0.707. The number of rotatable bonds is 5. The van der Waals surface area contributed by atoms with E-state index in [1.165, 1.54) is 18.9 Å². The molecular weight excluding hydrogens is 242 g/mol. The number of carbonyl (C=O) groups is 1. The lowest BCUT2D eigenvalue weighted by molar-refractivity contribution is -0.132. The van der Waals surface area contributed by atoms with Gasteiger partial charge in [0, 0.05) is 18.3 Å². The average molecular weight is 259 g/mol. The van der Waals surface area contributed by atoms with Crippen LogP contribution in [0.3, 0.4) is 0 Å². The molecule has 0 unspecified atom stereocenters. The molecule has 0 bridgehead atoms. The average Bonchev–Trinajstić information content (AvgIpc) is 3.21. The first-order valence-electron chi connectivity index (χ1n) is 6.22. The Morgan fingerprint density at radius 2 is 2.11 bits per heavy atom. The number of aliphatic carboxylic acids is 1. The third-order valence-corrected chi connectivity index (χ3v) is 2.80. The maximum Gasteiger partial charge on any atom is 0.351 e. The lowest BCUT2D eigenvalue weighted by atomic mass is 10.3. The number of hydrogen-bond donors (Lipinski definition) is 3. The molecule has 100 valence electrons. The summed E-state index contributed by atoms with van der Waals surface area (Å²) in [6, 6.07) is 9.47. The summed E-state index contributed by atoms with van der Waals surface area (Å²) in [5.74, 6) is -0.0287. The molecule has 1 saturated carbocycles. The number of amidine groups is 1. The number of nitrogens with two attached hydrogens (primary N) is 1. The van der Waals surface area contributed by atoms with E-state index in [1.54, 1.807) is 0 Å². The van der Waals surface area contributed by atoms with E-state index in [1.807, 2.05) is 30.3 Å². The highest BCUT2D eigenvalue weighted by Gasteiger charge is 2.20. The van der Waals surface area contributed by atoms with Crippen molar-refractivity contribution in [2.45, 2.75) is 12.8 Å². The number of benzene rings is 1. The Morgan fingerprint density at radius 1 is 1.42 bits per heavy atom. The summed E-state index contributed by atoms with van der Waals surface area (Å²) in [5, 5.41) is 11.9. The van der Waals surface area contributed by atoms with Crippen molar-refractivity contribution in [3.8, 4) is 0 Å². The summed E-state index contributed by atoms with van der Waals surface area (Å²) < 4.78 is 0. The highest BCUT2D eigenvalue weighted by Crippen LogP contribution is 2.28. The van der Waals surface area contributed by atoms with Gasteiger partial charge in [0.25, 0.3) is 0 Å². The first-order valence-corrected chi connectivity index (χ1v) is 6.22. The van der Waals surface area contributed by atoms with Gasteiger partial charge in [0.2, 0.25) is 0 Å². The van der Waals surface area contributed by atoms with Crippen LogP contribution in [0.2, 0.25) is 0 Å². The molecular formula is C14H17N3O2. The van der Waals surface area contributed by atoms with E-state index in [9.17, 15) is 4.79 Å². The molecule has 0 aromatic heterocycles. The van der Waals surface area contributed by atoms with Gasteiger partial charge in [-0.25, -0.2) is 4.79 Å². The maximum atomic E-state index is 10.8. The van der Waals surface area contributed by atoms with Crippen LogP contribution >= 0.6 is 0 Å². The fraction of sp³-hybridized carbons (Fsp3) is 0.286. The Hall–Kier alpha value is -2.30. The van der Waals surface area contributed by atoms with Crippen molar-refractivity contribution < 1.29 is 9.90 Å². The van der Waals surface area contributed by atoms with Gasteiger partial charge in [-0.2, -0.15) is 0 Å². The Balaban J connectivity index is 2.11. The Labute approximate surface area is 111 Å². The third-order valence-electron chi connectivity index (χ3n) is 2.80. The zero-order chi connectivity index (χ0) is 13.7. The van der Waals surface area contributed by atoms with Gasteiger partial charge in [0.05, 0.1) is 0 Å². The molecule has 1 aromatic rings. The minimum atomic E-state index is -1.14. The fourth-order valence-electron chi connectivity index (χ4n) is 1.53. The van der Waals surface area contributed by atoms with Crippen molar-refractivity contribution in [2.24, 2.45) is 16.6 Å². The molecule has 5 heteroatoms. The van der Waals surface area contributed by atoms with Crippen LogP contribution in [0.25, 0.3) is 0 Å². The molecule has 0 aliphatic heterocycles. The standard InChI is InChI=1S/C14H17N3O2/c15-12(14(18)19)8-13(16-9-10-6-7-10)17-11-4-2-1-3-5-11/h1-5,8,10H,6-7,9,15H2,(H,16,17)(H,18,19). The predicted molar refractivity (Wildman–Crippen MR) is 75.0 cm³/mol. The molecule has 0 amide bonds. The van der Waals surface area contributed by atoms with Crippen LogP contribution in [0.1, 0.15) is 12.8 Å². The zero-order valence-electron chi connectivity index (χ0n) is 10.5. The third kappa shape index (κ3) is 4.46. The van der Waals surface area contributed by atoms with Gasteiger partial charge in [-0.1, -0.05) is 18.2 Å². The molecule has 4 N–H and O–H groups in total. The monoisotopic (exact) mass is 259 g/mol. The number of hydrogen-bond acceptors (Lipinski definition) is 3. The molecule has 0 atom stereocenters. The van der Waals surface area contributed by atoms with Crippen LogP contribution in [0.5, 0.6) is 0 Å². The minimum absolute atomic E-state index is 0.224. The Kier molecular flexibility index (Phi) is 4.18. The highest BCUT2D eigenvalue weighted by molar-refractivity contribution is 6.07. The zero-order valence-corrected chi connectivity index (χ0v) is 10.5. The van der Waals surface area contributed by atoms with Crippen LogP contribution < -0.4 is 11.1 Å². The van der Waals surface area contributed by atoms with Crippen LogP contribution in [-0.4, -0.2) is 23.5 Å². The highest BCUT2D eigenvalue weighted by atomic mass is 16.4. The van der Waals surface area contributed by atoms with Crippen molar-refractivity contribution in [1.82, 2.24) is 0 Å². The molecule has 0 saturated heterocycles. The van der Waals surface area contributed by atoms with Crippen molar-refractivity contribution in [2.75, 3.05) is 11.9 Å². The molecule has 0 heterocycles. The van der Waals surface area contributed by atoms with E-state index in [0.29, 0.717) is 18.3 Å². The molecule has 1 aliphatic rings. The molecule has 1 fully saturated rings. The number of aliphatic imine (C=N–C) groups is 1. The number of carboxylic acids is 1. The molecule has 0 spiro atoms. The molecule has 0 radical (unpaired) electrons. The summed E-state index contributed by atoms with van der Waals surface area (Å²) in [5.41, 5.74) is 6.06. The number of anilines is 1. The lowest BCUT2D eigenvalue weighted by Crippen LogP contribution is -2.17. The van der Waals surface area contributed by atoms with Crippen molar-refractivity contribution >= 4 is 17.5 Å². The van der Waals surface area contributed by atoms with E-state index >= 15 is 0 Å². The second kappa shape index (κ2) is 6.04. The summed E-state index contributed by atoms with van der Waals surface area (Å²) in [7, 11) is 0. The summed E-state index contributed by atoms with van der Waals surface area (Å²) >= 11 is 0. The van der Waals surface area contributed by atoms with Gasteiger partial charge >= 0.3 is 5.97 Å². The molecule has 1 aliphatic carbocycles.